The molecule has 5 aromatic rings. The number of thiophene rings is 1. The van der Waals surface area contributed by atoms with E-state index in [4.69, 9.17) is 15.1 Å². The molecule has 8 nitrogen and oxygen atoms in total. The smallest absolute Gasteiger partial charge is 0.258 e. The maximum atomic E-state index is 14.6. The lowest BCUT2D eigenvalue weighted by Crippen LogP contribution is -2.41. The van der Waals surface area contributed by atoms with Crippen LogP contribution in [0.3, 0.4) is 0 Å². The Morgan fingerprint density at radius 1 is 0.946 bits per heavy atom. The number of carbonyl (C=O) groups excluding carboxylic acids is 3. The molecule has 56 heavy (non-hydrogen) atoms. The van der Waals surface area contributed by atoms with E-state index in [0.29, 0.717) is 45.6 Å². The van der Waals surface area contributed by atoms with Gasteiger partial charge in [-0.2, -0.15) is 0 Å². The summed E-state index contributed by atoms with van der Waals surface area (Å²) in [5.74, 6) is -1.26. The van der Waals surface area contributed by atoms with Crippen LogP contribution in [0.4, 0.5) is 15.8 Å². The highest BCUT2D eigenvalue weighted by Crippen LogP contribution is 2.56. The molecule has 2 amide bonds. The summed E-state index contributed by atoms with van der Waals surface area (Å²) in [6.07, 6.45) is 6.54. The minimum atomic E-state index is -0.593. The second-order valence-corrected chi connectivity index (χ2v) is 16.4. The molecule has 3 aromatic carbocycles. The van der Waals surface area contributed by atoms with E-state index in [0.717, 1.165) is 77.4 Å². The zero-order valence-corrected chi connectivity index (χ0v) is 32.5. The third-order valence-electron chi connectivity index (χ3n) is 11.7. The number of aromatic nitrogens is 1. The summed E-state index contributed by atoms with van der Waals surface area (Å²) >= 11 is 1.28. The first-order valence-corrected chi connectivity index (χ1v) is 19.9. The lowest BCUT2D eigenvalue weighted by Gasteiger charge is -2.50. The van der Waals surface area contributed by atoms with Crippen molar-refractivity contribution in [3.8, 4) is 0 Å². The lowest BCUT2D eigenvalue weighted by atomic mass is 9.57. The highest BCUT2D eigenvalue weighted by Gasteiger charge is 2.47. The van der Waals surface area contributed by atoms with Crippen LogP contribution in [0, 0.1) is 30.5 Å². The van der Waals surface area contributed by atoms with Crippen LogP contribution in [0.15, 0.2) is 91.1 Å². The summed E-state index contributed by atoms with van der Waals surface area (Å²) < 4.78 is 20.2. The molecule has 4 heterocycles. The number of Topliss-reactive ketones (excluding diaryl/α,β-unsaturated/α-hetero) is 1. The van der Waals surface area contributed by atoms with Crippen LogP contribution in [0.5, 0.6) is 0 Å². The number of nitrogens with one attached hydrogen (secondary N) is 2. The Bertz CT molecular complexity index is 2400. The molecule has 2 aromatic heterocycles. The number of hydrogen-bond donors (Lipinski definition) is 2. The molecule has 2 aliphatic heterocycles. The van der Waals surface area contributed by atoms with E-state index in [9.17, 15) is 18.8 Å². The van der Waals surface area contributed by atoms with Gasteiger partial charge in [0.2, 0.25) is 5.78 Å². The van der Waals surface area contributed by atoms with Crippen LogP contribution in [0.1, 0.15) is 108 Å². The molecule has 284 valence electrons. The van der Waals surface area contributed by atoms with Gasteiger partial charge in [-0.05, 0) is 135 Å². The van der Waals surface area contributed by atoms with E-state index in [2.05, 4.69) is 5.32 Å². The van der Waals surface area contributed by atoms with Gasteiger partial charge in [-0.3, -0.25) is 24.8 Å². The molecular weight excluding hydrogens is 724 g/mol. The molecule has 1 saturated heterocycles. The molecule has 0 radical (unpaired) electrons. The number of pyridine rings is 1. The second-order valence-electron chi connectivity index (χ2n) is 15.3. The fourth-order valence-corrected chi connectivity index (χ4v) is 9.66. The topological polar surface area (TPSA) is 112 Å². The van der Waals surface area contributed by atoms with Crippen molar-refractivity contribution in [2.24, 2.45) is 5.41 Å². The van der Waals surface area contributed by atoms with Crippen LogP contribution < -0.4 is 10.2 Å². The summed E-state index contributed by atoms with van der Waals surface area (Å²) in [4.78, 5) is 49.0. The Hall–Kier alpha value is -5.58. The summed E-state index contributed by atoms with van der Waals surface area (Å²) in [6, 6.07) is 24.8. The van der Waals surface area contributed by atoms with Gasteiger partial charge in [0.15, 0.2) is 0 Å². The van der Waals surface area contributed by atoms with Crippen molar-refractivity contribution in [1.29, 1.82) is 5.41 Å². The van der Waals surface area contributed by atoms with Gasteiger partial charge >= 0.3 is 0 Å². The van der Waals surface area contributed by atoms with Gasteiger partial charge in [0.25, 0.3) is 11.8 Å². The third kappa shape index (κ3) is 7.03. The Morgan fingerprint density at radius 2 is 1.70 bits per heavy atom. The van der Waals surface area contributed by atoms with E-state index < -0.39 is 11.6 Å². The van der Waals surface area contributed by atoms with Crippen LogP contribution >= 0.6 is 11.3 Å². The number of para-hydroxylation sites is 1. The van der Waals surface area contributed by atoms with Gasteiger partial charge in [-0.25, -0.2) is 4.39 Å². The average Bonchev–Trinajstić information content (AvgIpc) is 3.63. The Morgan fingerprint density at radius 3 is 2.45 bits per heavy atom. The molecule has 0 atom stereocenters. The van der Waals surface area contributed by atoms with Gasteiger partial charge in [-0.15, -0.1) is 11.3 Å². The molecule has 10 heteroatoms. The number of anilines is 2. The number of ether oxygens (including phenoxy) is 1. The average molecular weight is 767 g/mol. The van der Waals surface area contributed by atoms with E-state index in [-0.39, 0.29) is 29.0 Å². The van der Waals surface area contributed by atoms with Gasteiger partial charge in [0.05, 0.1) is 21.8 Å². The quantitative estimate of drug-likeness (QED) is 0.121. The van der Waals surface area contributed by atoms with E-state index in [1.54, 1.807) is 54.3 Å². The number of aryl methyl sites for hydroxylation is 2. The number of nitrogens with zero attached hydrogens (tertiary/aromatic N) is 2. The summed E-state index contributed by atoms with van der Waals surface area (Å²) in [7, 11) is 0. The van der Waals surface area contributed by atoms with Crippen LogP contribution in [0.2, 0.25) is 0 Å². The van der Waals surface area contributed by atoms with Gasteiger partial charge in [0, 0.05) is 59.1 Å². The zero-order valence-electron chi connectivity index (χ0n) is 31.7. The number of halogens is 1. The minimum Gasteiger partial charge on any atom is -0.381 e. The van der Waals surface area contributed by atoms with Crippen molar-refractivity contribution < 1.29 is 23.5 Å². The molecule has 8 rings (SSSR count). The molecule has 2 fully saturated rings. The molecular formula is C46H43FN4O4S. The lowest BCUT2D eigenvalue weighted by molar-refractivity contribution is -0.0405. The van der Waals surface area contributed by atoms with Gasteiger partial charge in [-0.1, -0.05) is 30.3 Å². The number of benzene rings is 3. The van der Waals surface area contributed by atoms with Gasteiger partial charge in [0.1, 0.15) is 11.5 Å². The summed E-state index contributed by atoms with van der Waals surface area (Å²) in [5, 5.41) is 11.6. The van der Waals surface area contributed by atoms with E-state index >= 15 is 0 Å². The van der Waals surface area contributed by atoms with Gasteiger partial charge < -0.3 is 15.0 Å². The number of amides is 2. The van der Waals surface area contributed by atoms with Crippen molar-refractivity contribution in [2.75, 3.05) is 30.0 Å². The first-order chi connectivity index (χ1) is 27.0. The number of fused-ring (bicyclic) bond motifs is 1. The number of hydrogen-bond acceptors (Lipinski definition) is 7. The monoisotopic (exact) mass is 766 g/mol. The zero-order chi connectivity index (χ0) is 39.1. The summed E-state index contributed by atoms with van der Waals surface area (Å²) in [6.45, 7) is 7.65. The SMILES string of the molecule is CC1=C(c2ccc(C(=O)C(=N)c3c(C)cccc3F)s2)CCN(C(=O)c2ccc(NC(=O)c3cc(C)cnc3C3CC4(CCOCC4)C3)cc2)c2ccccc21. The van der Waals surface area contributed by atoms with E-state index in [1.807, 2.05) is 56.4 Å². The van der Waals surface area contributed by atoms with Crippen molar-refractivity contribution in [2.45, 2.75) is 58.8 Å². The standard InChI is InChI=1S/C46H43FN4O4S/c1-27-23-35(42(49-26-27)31-24-46(25-31)18-21-55-22-19-46)44(53)50-32-13-11-30(12-14-32)45(54)51-20-17-34(29(3)33-8-4-5-10-37(33)51)38-15-16-39(56-38)43(52)41(48)40-28(2)7-6-9-36(40)47/h4-16,23,26,31,48H,17-22,24-25H2,1-3H3,(H,50,53). The summed E-state index contributed by atoms with van der Waals surface area (Å²) in [5.41, 5.74) is 7.60. The van der Waals surface area contributed by atoms with E-state index in [1.165, 1.54) is 17.4 Å². The number of rotatable bonds is 8. The van der Waals surface area contributed by atoms with Crippen LogP contribution in [-0.4, -0.2) is 48.1 Å². The Labute approximate surface area is 330 Å². The number of carbonyl (C=O) groups is 3. The first kappa shape index (κ1) is 37.3. The highest BCUT2D eigenvalue weighted by molar-refractivity contribution is 7.16. The molecule has 1 saturated carbocycles. The molecule has 1 spiro atoms. The molecule has 1 aliphatic carbocycles. The minimum absolute atomic E-state index is 0.0150. The largest absolute Gasteiger partial charge is 0.381 e. The molecule has 3 aliphatic rings. The molecule has 2 N–H and O–H groups in total. The highest BCUT2D eigenvalue weighted by atomic mass is 32.1. The Kier molecular flexibility index (Phi) is 10.1. The molecule has 0 bridgehead atoms. The predicted molar refractivity (Wildman–Crippen MR) is 220 cm³/mol. The van der Waals surface area contributed by atoms with Crippen molar-refractivity contribution in [3.63, 3.8) is 0 Å². The van der Waals surface area contributed by atoms with Crippen molar-refractivity contribution in [1.82, 2.24) is 4.98 Å². The normalized spacial score (nSPS) is 16.5. The second kappa shape index (κ2) is 15.2. The fraction of sp³-hybridized carbons (Fsp3) is 0.283. The maximum Gasteiger partial charge on any atom is 0.258 e. The number of allylic oxidation sites excluding steroid dienone is 1. The molecule has 0 unspecified atom stereocenters. The van der Waals surface area contributed by atoms with Crippen LogP contribution in [0.25, 0.3) is 11.1 Å². The first-order valence-electron chi connectivity index (χ1n) is 19.1. The van der Waals surface area contributed by atoms with Crippen molar-refractivity contribution in [3.05, 3.63) is 146 Å². The maximum absolute atomic E-state index is 14.6. The predicted octanol–water partition coefficient (Wildman–Crippen LogP) is 10.1. The van der Waals surface area contributed by atoms with Crippen molar-refractivity contribution >= 4 is 57.2 Å². The number of ketones is 1. The Balaban J connectivity index is 0.976. The third-order valence-corrected chi connectivity index (χ3v) is 12.8. The van der Waals surface area contributed by atoms with Crippen LogP contribution in [-0.2, 0) is 4.74 Å². The fourth-order valence-electron chi connectivity index (χ4n) is 8.58.